The quantitative estimate of drug-likeness (QED) is 0.871. The van der Waals surface area contributed by atoms with Crippen LogP contribution in [0.25, 0.3) is 0 Å². The van der Waals surface area contributed by atoms with Crippen molar-refractivity contribution in [2.75, 3.05) is 0 Å². The van der Waals surface area contributed by atoms with Gasteiger partial charge >= 0.3 is 0 Å². The van der Waals surface area contributed by atoms with Crippen molar-refractivity contribution in [3.8, 4) is 0 Å². The van der Waals surface area contributed by atoms with E-state index in [0.29, 0.717) is 11.7 Å². The number of hydrogen-bond acceptors (Lipinski definition) is 2. The van der Waals surface area contributed by atoms with Crippen molar-refractivity contribution in [3.05, 3.63) is 24.2 Å². The van der Waals surface area contributed by atoms with E-state index in [1.54, 1.807) is 12.1 Å². The Bertz CT molecular complexity index is 347. The first-order valence-electron chi connectivity index (χ1n) is 6.15. The van der Waals surface area contributed by atoms with Crippen molar-refractivity contribution in [1.29, 1.82) is 0 Å². The van der Waals surface area contributed by atoms with Gasteiger partial charge in [0.2, 0.25) is 0 Å². The van der Waals surface area contributed by atoms with Gasteiger partial charge in [0.15, 0.2) is 5.76 Å². The van der Waals surface area contributed by atoms with Crippen LogP contribution in [0.4, 0.5) is 0 Å². The zero-order chi connectivity index (χ0) is 13.1. The number of rotatable bonds is 4. The third-order valence-corrected chi connectivity index (χ3v) is 2.80. The van der Waals surface area contributed by atoms with Crippen LogP contribution in [0.15, 0.2) is 22.8 Å². The van der Waals surface area contributed by atoms with Crippen LogP contribution in [0.3, 0.4) is 0 Å². The molecule has 3 nitrogen and oxygen atoms in total. The maximum Gasteiger partial charge on any atom is 0.287 e. The van der Waals surface area contributed by atoms with Crippen LogP contribution in [0.5, 0.6) is 0 Å². The molecular formula is C14H23NO2. The molecule has 1 amide bonds. The maximum atomic E-state index is 11.9. The molecule has 17 heavy (non-hydrogen) atoms. The number of furan rings is 1. The van der Waals surface area contributed by atoms with E-state index in [2.05, 4.69) is 39.9 Å². The molecule has 0 aromatic carbocycles. The van der Waals surface area contributed by atoms with Crippen LogP contribution in [0.2, 0.25) is 0 Å². The Morgan fingerprint density at radius 2 is 2.06 bits per heavy atom. The van der Waals surface area contributed by atoms with Crippen molar-refractivity contribution in [2.24, 2.45) is 11.3 Å². The second kappa shape index (κ2) is 5.39. The smallest absolute Gasteiger partial charge is 0.287 e. The molecule has 96 valence electrons. The maximum absolute atomic E-state index is 11.9. The summed E-state index contributed by atoms with van der Waals surface area (Å²) < 4.78 is 5.10. The van der Waals surface area contributed by atoms with E-state index in [9.17, 15) is 4.79 Å². The highest BCUT2D eigenvalue weighted by Crippen LogP contribution is 2.25. The van der Waals surface area contributed by atoms with Gasteiger partial charge in [-0.1, -0.05) is 34.6 Å². The first-order chi connectivity index (χ1) is 7.80. The first kappa shape index (κ1) is 13.8. The number of carbonyl (C=O) groups is 1. The molecule has 1 rings (SSSR count). The normalized spacial score (nSPS) is 13.8. The zero-order valence-corrected chi connectivity index (χ0v) is 11.4. The molecule has 0 radical (unpaired) electrons. The fraction of sp³-hybridized carbons (Fsp3) is 0.643. The molecule has 0 saturated heterocycles. The van der Waals surface area contributed by atoms with E-state index in [4.69, 9.17) is 4.42 Å². The predicted molar refractivity (Wildman–Crippen MR) is 68.9 cm³/mol. The van der Waals surface area contributed by atoms with Gasteiger partial charge in [0.1, 0.15) is 0 Å². The molecule has 0 aliphatic carbocycles. The summed E-state index contributed by atoms with van der Waals surface area (Å²) in [4.78, 5) is 11.9. The second-order valence-corrected chi connectivity index (χ2v) is 6.00. The molecule has 0 aliphatic heterocycles. The number of carbonyl (C=O) groups excluding carboxylic acids is 1. The van der Waals surface area contributed by atoms with Gasteiger partial charge in [0, 0.05) is 6.04 Å². The van der Waals surface area contributed by atoms with E-state index in [-0.39, 0.29) is 17.4 Å². The van der Waals surface area contributed by atoms with Gasteiger partial charge in [0.05, 0.1) is 6.26 Å². The molecular weight excluding hydrogens is 214 g/mol. The van der Waals surface area contributed by atoms with Gasteiger partial charge in [-0.15, -0.1) is 0 Å². The third kappa shape index (κ3) is 4.25. The largest absolute Gasteiger partial charge is 0.459 e. The Morgan fingerprint density at radius 1 is 1.41 bits per heavy atom. The summed E-state index contributed by atoms with van der Waals surface area (Å²) >= 11 is 0. The summed E-state index contributed by atoms with van der Waals surface area (Å²) in [6, 6.07) is 3.56. The highest BCUT2D eigenvalue weighted by Gasteiger charge is 2.27. The molecule has 0 saturated carbocycles. The van der Waals surface area contributed by atoms with Crippen LogP contribution >= 0.6 is 0 Å². The summed E-state index contributed by atoms with van der Waals surface area (Å²) in [5, 5.41) is 3.06. The number of amides is 1. The highest BCUT2D eigenvalue weighted by atomic mass is 16.3. The summed E-state index contributed by atoms with van der Waals surface area (Å²) in [5.41, 5.74) is 0.0481. The van der Waals surface area contributed by atoms with Crippen LogP contribution in [-0.2, 0) is 0 Å². The van der Waals surface area contributed by atoms with Gasteiger partial charge in [0.25, 0.3) is 5.91 Å². The van der Waals surface area contributed by atoms with Gasteiger partial charge < -0.3 is 9.73 Å². The Kier molecular flexibility index (Phi) is 4.38. The van der Waals surface area contributed by atoms with Gasteiger partial charge in [-0.2, -0.15) is 0 Å². The topological polar surface area (TPSA) is 42.2 Å². The van der Waals surface area contributed by atoms with Crippen LogP contribution in [0, 0.1) is 11.3 Å². The van der Waals surface area contributed by atoms with Crippen molar-refractivity contribution in [3.63, 3.8) is 0 Å². The molecule has 1 aromatic heterocycles. The van der Waals surface area contributed by atoms with Crippen LogP contribution < -0.4 is 5.32 Å². The Balaban J connectivity index is 2.70. The van der Waals surface area contributed by atoms with E-state index in [1.165, 1.54) is 6.26 Å². The molecule has 1 atom stereocenters. The minimum Gasteiger partial charge on any atom is -0.459 e. The van der Waals surface area contributed by atoms with Crippen molar-refractivity contribution in [2.45, 2.75) is 47.1 Å². The summed E-state index contributed by atoms with van der Waals surface area (Å²) in [6.45, 7) is 10.8. The second-order valence-electron chi connectivity index (χ2n) is 6.00. The molecule has 1 aromatic rings. The Morgan fingerprint density at radius 3 is 2.47 bits per heavy atom. The molecule has 0 fully saturated rings. The number of hydrogen-bond donors (Lipinski definition) is 1. The summed E-state index contributed by atoms with van der Waals surface area (Å²) in [7, 11) is 0. The average molecular weight is 237 g/mol. The lowest BCUT2D eigenvalue weighted by atomic mass is 9.82. The van der Waals surface area contributed by atoms with E-state index < -0.39 is 0 Å². The molecule has 3 heteroatoms. The van der Waals surface area contributed by atoms with Crippen LogP contribution in [0.1, 0.15) is 51.6 Å². The lowest BCUT2D eigenvalue weighted by Crippen LogP contribution is -2.44. The van der Waals surface area contributed by atoms with E-state index in [0.717, 1.165) is 6.42 Å². The molecule has 0 bridgehead atoms. The third-order valence-electron chi connectivity index (χ3n) is 2.80. The minimum absolute atomic E-state index is 0.0481. The molecule has 1 N–H and O–H groups in total. The molecule has 1 heterocycles. The van der Waals surface area contributed by atoms with E-state index >= 15 is 0 Å². The van der Waals surface area contributed by atoms with Gasteiger partial charge in [-0.25, -0.2) is 0 Å². The van der Waals surface area contributed by atoms with Crippen LogP contribution in [-0.4, -0.2) is 11.9 Å². The molecule has 1 unspecified atom stereocenters. The Hall–Kier alpha value is -1.25. The zero-order valence-electron chi connectivity index (χ0n) is 11.4. The first-order valence-corrected chi connectivity index (χ1v) is 6.15. The molecule has 0 spiro atoms. The Labute approximate surface area is 104 Å². The summed E-state index contributed by atoms with van der Waals surface area (Å²) in [5.74, 6) is 0.801. The summed E-state index contributed by atoms with van der Waals surface area (Å²) in [6.07, 6.45) is 2.49. The standard InChI is InChI=1S/C14H23NO2/c1-10(2)9-12(14(3,4)5)15-13(16)11-7-6-8-17-11/h6-8,10,12H,9H2,1-5H3,(H,15,16). The predicted octanol–water partition coefficient (Wildman–Crippen LogP) is 3.47. The van der Waals surface area contributed by atoms with Gasteiger partial charge in [-0.3, -0.25) is 4.79 Å². The van der Waals surface area contributed by atoms with Gasteiger partial charge in [-0.05, 0) is 29.9 Å². The monoisotopic (exact) mass is 237 g/mol. The SMILES string of the molecule is CC(C)CC(NC(=O)c1ccco1)C(C)(C)C. The van der Waals surface area contributed by atoms with Crippen molar-refractivity contribution >= 4 is 5.91 Å². The van der Waals surface area contributed by atoms with Crippen molar-refractivity contribution in [1.82, 2.24) is 5.32 Å². The van der Waals surface area contributed by atoms with E-state index in [1.807, 2.05) is 0 Å². The fourth-order valence-electron chi connectivity index (χ4n) is 1.74. The lowest BCUT2D eigenvalue weighted by Gasteiger charge is -2.32. The fourth-order valence-corrected chi connectivity index (χ4v) is 1.74. The highest BCUT2D eigenvalue weighted by molar-refractivity contribution is 5.91. The minimum atomic E-state index is -0.129. The number of nitrogens with one attached hydrogen (secondary N) is 1. The average Bonchev–Trinajstić information content (AvgIpc) is 2.66. The van der Waals surface area contributed by atoms with Crippen molar-refractivity contribution < 1.29 is 9.21 Å². The molecule has 0 aliphatic rings. The lowest BCUT2D eigenvalue weighted by molar-refractivity contribution is 0.0862.